The average molecular weight is 351 g/mol. The first-order valence-electron chi connectivity index (χ1n) is 5.00. The fourth-order valence-electron chi connectivity index (χ4n) is 1.22. The van der Waals surface area contributed by atoms with Crippen LogP contribution in [0.2, 0.25) is 0 Å². The lowest BCUT2D eigenvalue weighted by atomic mass is 10.2. The van der Waals surface area contributed by atoms with Crippen LogP contribution in [-0.4, -0.2) is 17.6 Å². The highest BCUT2D eigenvalue weighted by Crippen LogP contribution is 2.30. The molecule has 0 aromatic heterocycles. The second-order valence-electron chi connectivity index (χ2n) is 3.33. The molecule has 0 saturated heterocycles. The van der Waals surface area contributed by atoms with Gasteiger partial charge < -0.3 is 10.4 Å². The lowest BCUT2D eigenvalue weighted by Crippen LogP contribution is -2.12. The molecule has 0 radical (unpaired) electrons. The summed E-state index contributed by atoms with van der Waals surface area (Å²) < 4.78 is 1.69. The van der Waals surface area contributed by atoms with Crippen molar-refractivity contribution in [1.29, 1.82) is 0 Å². The van der Waals surface area contributed by atoms with E-state index < -0.39 is 0 Å². The fraction of sp³-hybridized carbons (Fsp3) is 0.364. The molecule has 0 fully saturated rings. The molecule has 1 amide bonds. The van der Waals surface area contributed by atoms with Gasteiger partial charge in [0.25, 0.3) is 0 Å². The fourth-order valence-corrected chi connectivity index (χ4v) is 2.41. The smallest absolute Gasteiger partial charge is 0.224 e. The molecule has 16 heavy (non-hydrogen) atoms. The van der Waals surface area contributed by atoms with Crippen molar-refractivity contribution in [2.24, 2.45) is 0 Å². The van der Waals surface area contributed by atoms with E-state index in [9.17, 15) is 4.79 Å². The summed E-state index contributed by atoms with van der Waals surface area (Å²) in [7, 11) is 0. The molecule has 0 heterocycles. The minimum atomic E-state index is -0.0407. The van der Waals surface area contributed by atoms with Gasteiger partial charge in [-0.1, -0.05) is 6.07 Å². The Bertz CT molecular complexity index is 349. The normalized spacial score (nSPS) is 10.2. The van der Waals surface area contributed by atoms with Crippen LogP contribution in [0.1, 0.15) is 19.3 Å². The van der Waals surface area contributed by atoms with Crippen molar-refractivity contribution < 1.29 is 9.90 Å². The number of unbranched alkanes of at least 4 members (excludes halogenated alkanes) is 1. The summed E-state index contributed by atoms with van der Waals surface area (Å²) in [6.45, 7) is 0.131. The molecule has 1 aromatic carbocycles. The Morgan fingerprint density at radius 1 is 1.25 bits per heavy atom. The van der Waals surface area contributed by atoms with E-state index in [1.807, 2.05) is 18.2 Å². The first-order chi connectivity index (χ1) is 7.65. The number of amides is 1. The molecule has 2 N–H and O–H groups in total. The van der Waals surface area contributed by atoms with Crippen molar-refractivity contribution in [3.05, 3.63) is 27.1 Å². The maximum atomic E-state index is 11.6. The Kier molecular flexibility index (Phi) is 6.01. The molecule has 1 aromatic rings. The lowest BCUT2D eigenvalue weighted by Gasteiger charge is -2.09. The SMILES string of the molecule is O=C(CCCCO)Nc1c(Br)cccc1Br. The van der Waals surface area contributed by atoms with Crippen LogP contribution in [-0.2, 0) is 4.79 Å². The van der Waals surface area contributed by atoms with Gasteiger partial charge in [-0.15, -0.1) is 0 Å². The number of nitrogens with one attached hydrogen (secondary N) is 1. The predicted molar refractivity (Wildman–Crippen MR) is 71.4 cm³/mol. The van der Waals surface area contributed by atoms with E-state index in [0.717, 1.165) is 14.6 Å². The number of carbonyl (C=O) groups is 1. The maximum Gasteiger partial charge on any atom is 0.224 e. The molecular weight excluding hydrogens is 338 g/mol. The summed E-state index contributed by atoms with van der Waals surface area (Å²) in [4.78, 5) is 11.6. The van der Waals surface area contributed by atoms with Crippen LogP contribution in [0.4, 0.5) is 5.69 Å². The molecule has 0 spiro atoms. The number of hydrogen-bond acceptors (Lipinski definition) is 2. The highest BCUT2D eigenvalue weighted by molar-refractivity contribution is 9.11. The molecule has 0 bridgehead atoms. The standard InChI is InChI=1S/C11H13Br2NO2/c12-8-4-3-5-9(13)11(8)14-10(16)6-1-2-7-15/h3-5,15H,1-2,6-7H2,(H,14,16). The molecule has 0 aliphatic carbocycles. The predicted octanol–water partition coefficient (Wildman–Crippen LogP) is 3.31. The number of hydrogen-bond donors (Lipinski definition) is 2. The van der Waals surface area contributed by atoms with Crippen molar-refractivity contribution in [1.82, 2.24) is 0 Å². The molecule has 1 rings (SSSR count). The van der Waals surface area contributed by atoms with Gasteiger partial charge in [-0.25, -0.2) is 0 Å². The van der Waals surface area contributed by atoms with E-state index in [0.29, 0.717) is 19.3 Å². The number of halogens is 2. The zero-order valence-electron chi connectivity index (χ0n) is 8.67. The molecule has 0 aliphatic rings. The average Bonchev–Trinajstić information content (AvgIpc) is 2.24. The topological polar surface area (TPSA) is 49.3 Å². The summed E-state index contributed by atoms with van der Waals surface area (Å²) in [5.41, 5.74) is 0.747. The van der Waals surface area contributed by atoms with Crippen LogP contribution in [0.5, 0.6) is 0 Å². The van der Waals surface area contributed by atoms with Crippen LogP contribution < -0.4 is 5.32 Å². The highest BCUT2D eigenvalue weighted by Gasteiger charge is 2.08. The molecule has 0 saturated carbocycles. The minimum absolute atomic E-state index is 0.0407. The van der Waals surface area contributed by atoms with E-state index in [1.54, 1.807) is 0 Å². The zero-order chi connectivity index (χ0) is 12.0. The van der Waals surface area contributed by atoms with Crippen LogP contribution in [0.15, 0.2) is 27.1 Å². The quantitative estimate of drug-likeness (QED) is 0.800. The van der Waals surface area contributed by atoms with Crippen LogP contribution in [0.25, 0.3) is 0 Å². The van der Waals surface area contributed by atoms with Gasteiger partial charge in [0, 0.05) is 22.0 Å². The number of anilines is 1. The van der Waals surface area contributed by atoms with E-state index >= 15 is 0 Å². The molecule has 5 heteroatoms. The Hall–Kier alpha value is -0.390. The molecular formula is C11H13Br2NO2. The second-order valence-corrected chi connectivity index (χ2v) is 5.03. The maximum absolute atomic E-state index is 11.6. The second kappa shape index (κ2) is 7.04. The van der Waals surface area contributed by atoms with Crippen molar-refractivity contribution in [3.8, 4) is 0 Å². The molecule has 0 aliphatic heterocycles. The molecule has 88 valence electrons. The third-order valence-electron chi connectivity index (χ3n) is 2.04. The lowest BCUT2D eigenvalue weighted by molar-refractivity contribution is -0.116. The number of para-hydroxylation sites is 1. The number of aliphatic hydroxyl groups is 1. The van der Waals surface area contributed by atoms with Crippen molar-refractivity contribution in [2.45, 2.75) is 19.3 Å². The van der Waals surface area contributed by atoms with E-state index in [2.05, 4.69) is 37.2 Å². The summed E-state index contributed by atoms with van der Waals surface area (Å²) in [6.07, 6.45) is 1.78. The van der Waals surface area contributed by atoms with Gasteiger partial charge in [-0.2, -0.15) is 0 Å². The number of carbonyl (C=O) groups excluding carboxylic acids is 1. The third kappa shape index (κ3) is 4.23. The molecule has 0 atom stereocenters. The Labute approximate surface area is 111 Å². The van der Waals surface area contributed by atoms with Crippen LogP contribution >= 0.6 is 31.9 Å². The minimum Gasteiger partial charge on any atom is -0.396 e. The van der Waals surface area contributed by atoms with Crippen molar-refractivity contribution in [3.63, 3.8) is 0 Å². The van der Waals surface area contributed by atoms with Crippen LogP contribution in [0.3, 0.4) is 0 Å². The Morgan fingerprint density at radius 3 is 2.44 bits per heavy atom. The Balaban J connectivity index is 2.56. The van der Waals surface area contributed by atoms with Gasteiger partial charge in [0.2, 0.25) is 5.91 Å². The number of benzene rings is 1. The summed E-state index contributed by atoms with van der Waals surface area (Å²) in [5.74, 6) is -0.0407. The van der Waals surface area contributed by atoms with Crippen molar-refractivity contribution >= 4 is 43.5 Å². The summed E-state index contributed by atoms with van der Waals surface area (Å²) in [5, 5.41) is 11.4. The van der Waals surface area contributed by atoms with Gasteiger partial charge >= 0.3 is 0 Å². The Morgan fingerprint density at radius 2 is 1.88 bits per heavy atom. The van der Waals surface area contributed by atoms with Gasteiger partial charge in [0.1, 0.15) is 0 Å². The summed E-state index contributed by atoms with van der Waals surface area (Å²) in [6, 6.07) is 5.62. The third-order valence-corrected chi connectivity index (χ3v) is 3.36. The van der Waals surface area contributed by atoms with Gasteiger partial charge in [-0.05, 0) is 56.8 Å². The van der Waals surface area contributed by atoms with E-state index in [-0.39, 0.29) is 12.5 Å². The number of rotatable bonds is 5. The van der Waals surface area contributed by atoms with E-state index in [4.69, 9.17) is 5.11 Å². The van der Waals surface area contributed by atoms with Crippen molar-refractivity contribution in [2.75, 3.05) is 11.9 Å². The van der Waals surface area contributed by atoms with Gasteiger partial charge in [0.15, 0.2) is 0 Å². The number of aliphatic hydroxyl groups excluding tert-OH is 1. The van der Waals surface area contributed by atoms with E-state index in [1.165, 1.54) is 0 Å². The summed E-state index contributed by atoms with van der Waals surface area (Å²) >= 11 is 6.75. The monoisotopic (exact) mass is 349 g/mol. The van der Waals surface area contributed by atoms with Gasteiger partial charge in [-0.3, -0.25) is 4.79 Å². The highest BCUT2D eigenvalue weighted by atomic mass is 79.9. The largest absolute Gasteiger partial charge is 0.396 e. The zero-order valence-corrected chi connectivity index (χ0v) is 11.8. The molecule has 3 nitrogen and oxygen atoms in total. The van der Waals surface area contributed by atoms with Gasteiger partial charge in [0.05, 0.1) is 5.69 Å². The first kappa shape index (κ1) is 13.7. The first-order valence-corrected chi connectivity index (χ1v) is 6.58. The van der Waals surface area contributed by atoms with Crippen LogP contribution in [0, 0.1) is 0 Å². The molecule has 0 unspecified atom stereocenters.